The summed E-state index contributed by atoms with van der Waals surface area (Å²) in [6.45, 7) is 6.05. The van der Waals surface area contributed by atoms with Crippen molar-refractivity contribution in [2.75, 3.05) is 13.1 Å². The van der Waals surface area contributed by atoms with Gasteiger partial charge in [-0.3, -0.25) is 0 Å². The molecule has 2 N–H and O–H groups in total. The van der Waals surface area contributed by atoms with Crippen LogP contribution in [0.2, 0.25) is 0 Å². The molecule has 2 heteroatoms. The third kappa shape index (κ3) is 7.82. The van der Waals surface area contributed by atoms with Crippen LogP contribution in [0.3, 0.4) is 0 Å². The number of aliphatic hydroxyl groups is 1. The molecule has 0 aromatic heterocycles. The highest BCUT2D eigenvalue weighted by Gasteiger charge is 2.00. The summed E-state index contributed by atoms with van der Waals surface area (Å²) < 4.78 is 0. The van der Waals surface area contributed by atoms with Crippen molar-refractivity contribution in [1.29, 1.82) is 0 Å². The van der Waals surface area contributed by atoms with Crippen LogP contribution in [0, 0.1) is 0 Å². The molecule has 0 spiro atoms. The second kappa shape index (κ2) is 8.02. The van der Waals surface area contributed by atoms with E-state index in [9.17, 15) is 5.11 Å². The molecule has 1 unspecified atom stereocenters. The van der Waals surface area contributed by atoms with E-state index in [1.54, 1.807) is 0 Å². The molecule has 0 amide bonds. The molecule has 68 valence electrons. The van der Waals surface area contributed by atoms with E-state index >= 15 is 0 Å². The highest BCUT2D eigenvalue weighted by Crippen LogP contribution is 1.98. The second-order valence-corrected chi connectivity index (χ2v) is 3.00. The molecule has 0 rings (SSSR count). The summed E-state index contributed by atoms with van der Waals surface area (Å²) in [6.07, 6.45) is 4.24. The molecule has 0 aromatic carbocycles. The lowest BCUT2D eigenvalue weighted by molar-refractivity contribution is 0.159. The van der Waals surface area contributed by atoms with Gasteiger partial charge in [0.25, 0.3) is 0 Å². The summed E-state index contributed by atoms with van der Waals surface area (Å²) >= 11 is 0. The number of aliphatic hydroxyl groups excluding tert-OH is 1. The summed E-state index contributed by atoms with van der Waals surface area (Å²) in [5.74, 6) is 0. The van der Waals surface area contributed by atoms with E-state index in [2.05, 4.69) is 19.2 Å². The average Bonchev–Trinajstić information content (AvgIpc) is 2.01. The van der Waals surface area contributed by atoms with Crippen LogP contribution < -0.4 is 5.32 Å². The van der Waals surface area contributed by atoms with Crippen LogP contribution in [0.4, 0.5) is 0 Å². The first-order valence-electron chi connectivity index (χ1n) is 4.70. The highest BCUT2D eigenvalue weighted by atomic mass is 16.3. The van der Waals surface area contributed by atoms with Gasteiger partial charge in [0.1, 0.15) is 0 Å². The largest absolute Gasteiger partial charge is 0.392 e. The summed E-state index contributed by atoms with van der Waals surface area (Å²) in [4.78, 5) is 0. The van der Waals surface area contributed by atoms with E-state index in [1.807, 2.05) is 0 Å². The van der Waals surface area contributed by atoms with Crippen molar-refractivity contribution in [3.8, 4) is 0 Å². The Bertz CT molecular complexity index is 76.0. The fourth-order valence-corrected chi connectivity index (χ4v) is 0.987. The summed E-state index contributed by atoms with van der Waals surface area (Å²) in [5.41, 5.74) is 0. The molecule has 2 nitrogen and oxygen atoms in total. The van der Waals surface area contributed by atoms with E-state index in [4.69, 9.17) is 0 Å². The molecular weight excluding hydrogens is 138 g/mol. The van der Waals surface area contributed by atoms with Crippen molar-refractivity contribution in [2.24, 2.45) is 0 Å². The van der Waals surface area contributed by atoms with Crippen LogP contribution in [0.15, 0.2) is 0 Å². The first kappa shape index (κ1) is 10.9. The Morgan fingerprint density at radius 2 is 2.00 bits per heavy atom. The Morgan fingerprint density at radius 1 is 1.27 bits per heavy atom. The van der Waals surface area contributed by atoms with Crippen molar-refractivity contribution >= 4 is 0 Å². The lowest BCUT2D eigenvalue weighted by Crippen LogP contribution is -2.27. The van der Waals surface area contributed by atoms with E-state index in [-0.39, 0.29) is 6.10 Å². The molecule has 0 aliphatic rings. The first-order valence-corrected chi connectivity index (χ1v) is 4.70. The van der Waals surface area contributed by atoms with Gasteiger partial charge in [-0.2, -0.15) is 0 Å². The number of hydrogen-bond donors (Lipinski definition) is 2. The SMILES string of the molecule is CCCCC(O)CNCCC. The van der Waals surface area contributed by atoms with Gasteiger partial charge in [0.05, 0.1) is 6.10 Å². The Kier molecular flexibility index (Phi) is 7.96. The number of hydrogen-bond acceptors (Lipinski definition) is 2. The van der Waals surface area contributed by atoms with Crippen LogP contribution in [0.5, 0.6) is 0 Å². The van der Waals surface area contributed by atoms with Crippen molar-refractivity contribution in [3.05, 3.63) is 0 Å². The predicted octanol–water partition coefficient (Wildman–Crippen LogP) is 1.54. The fraction of sp³-hybridized carbons (Fsp3) is 1.00. The molecular formula is C9H21NO. The minimum absolute atomic E-state index is 0.138. The van der Waals surface area contributed by atoms with Crippen molar-refractivity contribution < 1.29 is 5.11 Å². The van der Waals surface area contributed by atoms with Gasteiger partial charge in [0.15, 0.2) is 0 Å². The van der Waals surface area contributed by atoms with E-state index in [0.29, 0.717) is 0 Å². The molecule has 0 aromatic rings. The van der Waals surface area contributed by atoms with Crippen LogP contribution in [0.1, 0.15) is 39.5 Å². The molecule has 0 bridgehead atoms. The molecule has 0 fully saturated rings. The average molecular weight is 159 g/mol. The van der Waals surface area contributed by atoms with E-state index in [0.717, 1.165) is 32.4 Å². The molecule has 1 atom stereocenters. The normalized spacial score (nSPS) is 13.4. The van der Waals surface area contributed by atoms with Crippen LogP contribution >= 0.6 is 0 Å². The zero-order valence-electron chi connectivity index (χ0n) is 7.77. The third-order valence-corrected chi connectivity index (χ3v) is 1.70. The molecule has 0 aliphatic heterocycles. The maximum atomic E-state index is 9.34. The summed E-state index contributed by atoms with van der Waals surface area (Å²) in [5, 5.41) is 12.5. The zero-order chi connectivity index (χ0) is 8.53. The van der Waals surface area contributed by atoms with Crippen molar-refractivity contribution in [2.45, 2.75) is 45.6 Å². The van der Waals surface area contributed by atoms with E-state index < -0.39 is 0 Å². The van der Waals surface area contributed by atoms with Gasteiger partial charge in [-0.25, -0.2) is 0 Å². The van der Waals surface area contributed by atoms with E-state index in [1.165, 1.54) is 6.42 Å². The molecule has 0 saturated heterocycles. The first-order chi connectivity index (χ1) is 5.31. The Hall–Kier alpha value is -0.0800. The Balaban J connectivity index is 3.02. The van der Waals surface area contributed by atoms with Crippen LogP contribution in [-0.4, -0.2) is 24.3 Å². The highest BCUT2D eigenvalue weighted by molar-refractivity contribution is 4.58. The smallest absolute Gasteiger partial charge is 0.0664 e. The molecule has 0 saturated carbocycles. The Morgan fingerprint density at radius 3 is 2.55 bits per heavy atom. The van der Waals surface area contributed by atoms with Crippen LogP contribution in [0.25, 0.3) is 0 Å². The third-order valence-electron chi connectivity index (χ3n) is 1.70. The van der Waals surface area contributed by atoms with Crippen molar-refractivity contribution in [3.63, 3.8) is 0 Å². The van der Waals surface area contributed by atoms with Gasteiger partial charge >= 0.3 is 0 Å². The fourth-order valence-electron chi connectivity index (χ4n) is 0.987. The molecule has 0 radical (unpaired) electrons. The van der Waals surface area contributed by atoms with Gasteiger partial charge in [0, 0.05) is 6.54 Å². The number of rotatable bonds is 7. The van der Waals surface area contributed by atoms with Gasteiger partial charge in [0.2, 0.25) is 0 Å². The predicted molar refractivity (Wildman–Crippen MR) is 48.7 cm³/mol. The second-order valence-electron chi connectivity index (χ2n) is 3.00. The Labute approximate surface area is 70.0 Å². The standard InChI is InChI=1S/C9H21NO/c1-3-5-6-9(11)8-10-7-4-2/h9-11H,3-8H2,1-2H3. The maximum Gasteiger partial charge on any atom is 0.0664 e. The van der Waals surface area contributed by atoms with Crippen molar-refractivity contribution in [1.82, 2.24) is 5.32 Å². The van der Waals surface area contributed by atoms with Gasteiger partial charge in [-0.15, -0.1) is 0 Å². The van der Waals surface area contributed by atoms with Gasteiger partial charge in [-0.1, -0.05) is 26.7 Å². The topological polar surface area (TPSA) is 32.3 Å². The zero-order valence-corrected chi connectivity index (χ0v) is 7.77. The quantitative estimate of drug-likeness (QED) is 0.552. The minimum Gasteiger partial charge on any atom is -0.392 e. The number of unbranched alkanes of at least 4 members (excludes halogenated alkanes) is 1. The monoisotopic (exact) mass is 159 g/mol. The van der Waals surface area contributed by atoms with Gasteiger partial charge < -0.3 is 10.4 Å². The molecule has 0 aliphatic carbocycles. The van der Waals surface area contributed by atoms with Gasteiger partial charge in [-0.05, 0) is 19.4 Å². The summed E-state index contributed by atoms with van der Waals surface area (Å²) in [7, 11) is 0. The number of nitrogens with one attached hydrogen (secondary N) is 1. The maximum absolute atomic E-state index is 9.34. The van der Waals surface area contributed by atoms with Crippen LogP contribution in [-0.2, 0) is 0 Å². The molecule has 0 heterocycles. The minimum atomic E-state index is -0.138. The lowest BCUT2D eigenvalue weighted by atomic mass is 10.1. The summed E-state index contributed by atoms with van der Waals surface area (Å²) in [6, 6.07) is 0. The molecule has 11 heavy (non-hydrogen) atoms. The lowest BCUT2D eigenvalue weighted by Gasteiger charge is -2.09.